The third kappa shape index (κ3) is 4.64. The molecule has 0 atom stereocenters. The van der Waals surface area contributed by atoms with Gasteiger partial charge in [0.1, 0.15) is 11.6 Å². The van der Waals surface area contributed by atoms with E-state index in [0.29, 0.717) is 12.4 Å². The van der Waals surface area contributed by atoms with Crippen molar-refractivity contribution >= 4 is 21.5 Å². The zero-order valence-electron chi connectivity index (χ0n) is 11.8. The van der Waals surface area contributed by atoms with Gasteiger partial charge in [-0.2, -0.15) is 0 Å². The number of pyridine rings is 1. The first-order chi connectivity index (χ1) is 9.98. The zero-order chi connectivity index (χ0) is 15.3. The summed E-state index contributed by atoms with van der Waals surface area (Å²) in [6.07, 6.45) is 2.66. The van der Waals surface area contributed by atoms with Crippen molar-refractivity contribution in [2.75, 3.05) is 23.4 Å². The van der Waals surface area contributed by atoms with E-state index in [1.807, 2.05) is 24.3 Å². The minimum absolute atomic E-state index is 0.292. The van der Waals surface area contributed by atoms with Gasteiger partial charge < -0.3 is 10.1 Å². The summed E-state index contributed by atoms with van der Waals surface area (Å²) in [4.78, 5) is 4.03. The molecule has 112 valence electrons. The molecular weight excluding hydrogens is 290 g/mol. The normalized spacial score (nSPS) is 11.0. The molecule has 21 heavy (non-hydrogen) atoms. The molecule has 1 aromatic heterocycles. The van der Waals surface area contributed by atoms with Crippen LogP contribution in [0.15, 0.2) is 42.6 Å². The smallest absolute Gasteiger partial charge is 0.230 e. The Hall–Kier alpha value is -2.28. The summed E-state index contributed by atoms with van der Waals surface area (Å²) in [6, 6.07) is 11.1. The van der Waals surface area contributed by atoms with E-state index in [1.165, 1.54) is 0 Å². The summed E-state index contributed by atoms with van der Waals surface area (Å²) < 4.78 is 29.8. The lowest BCUT2D eigenvalue weighted by Gasteiger charge is -2.10. The Morgan fingerprint density at radius 1 is 1.19 bits per heavy atom. The van der Waals surface area contributed by atoms with Crippen LogP contribution in [0, 0.1) is 0 Å². The number of sulfonamides is 1. The highest BCUT2D eigenvalue weighted by Gasteiger charge is 2.04. The van der Waals surface area contributed by atoms with Gasteiger partial charge in [-0.1, -0.05) is 18.2 Å². The molecule has 2 N–H and O–H groups in total. The van der Waals surface area contributed by atoms with Crippen LogP contribution in [0.1, 0.15) is 5.56 Å². The lowest BCUT2D eigenvalue weighted by Crippen LogP contribution is -2.10. The van der Waals surface area contributed by atoms with Crippen molar-refractivity contribution in [3.8, 4) is 5.75 Å². The molecule has 6 nitrogen and oxygen atoms in total. The van der Waals surface area contributed by atoms with E-state index >= 15 is 0 Å². The van der Waals surface area contributed by atoms with Gasteiger partial charge in [0, 0.05) is 12.1 Å². The van der Waals surface area contributed by atoms with Crippen molar-refractivity contribution in [1.29, 1.82) is 0 Å². The summed E-state index contributed by atoms with van der Waals surface area (Å²) in [5, 5.41) is 3.21. The molecule has 7 heteroatoms. The molecule has 0 bridgehead atoms. The molecule has 0 amide bonds. The van der Waals surface area contributed by atoms with Crippen LogP contribution in [0.2, 0.25) is 0 Å². The Labute approximate surface area is 124 Å². The van der Waals surface area contributed by atoms with Crippen molar-refractivity contribution < 1.29 is 13.2 Å². The fourth-order valence-electron chi connectivity index (χ4n) is 1.80. The molecule has 0 spiro atoms. The van der Waals surface area contributed by atoms with Crippen molar-refractivity contribution in [3.05, 3.63) is 48.2 Å². The summed E-state index contributed by atoms with van der Waals surface area (Å²) in [6.45, 7) is 0.588. The average molecular weight is 307 g/mol. The van der Waals surface area contributed by atoms with Gasteiger partial charge in [-0.05, 0) is 18.2 Å². The number of rotatable bonds is 6. The van der Waals surface area contributed by atoms with Crippen molar-refractivity contribution in [3.63, 3.8) is 0 Å². The minimum atomic E-state index is -3.30. The monoisotopic (exact) mass is 307 g/mol. The molecular formula is C14H17N3O3S. The zero-order valence-corrected chi connectivity index (χ0v) is 12.6. The number of anilines is 2. The van der Waals surface area contributed by atoms with Crippen molar-refractivity contribution in [2.24, 2.45) is 0 Å². The third-order valence-electron chi connectivity index (χ3n) is 2.73. The quantitative estimate of drug-likeness (QED) is 0.854. The lowest BCUT2D eigenvalue weighted by molar-refractivity contribution is 0.410. The maximum absolute atomic E-state index is 11.1. The van der Waals surface area contributed by atoms with E-state index in [1.54, 1.807) is 25.4 Å². The highest BCUT2D eigenvalue weighted by Crippen LogP contribution is 2.19. The van der Waals surface area contributed by atoms with Crippen LogP contribution in [0.5, 0.6) is 5.75 Å². The van der Waals surface area contributed by atoms with Gasteiger partial charge in [0.2, 0.25) is 10.0 Å². The third-order valence-corrected chi connectivity index (χ3v) is 3.31. The van der Waals surface area contributed by atoms with Crippen LogP contribution in [0.25, 0.3) is 0 Å². The number of hydrogen-bond acceptors (Lipinski definition) is 5. The Morgan fingerprint density at radius 2 is 1.95 bits per heavy atom. The number of hydrogen-bond donors (Lipinski definition) is 2. The molecule has 0 aliphatic carbocycles. The number of ether oxygens (including phenoxy) is 1. The molecule has 0 aliphatic rings. The van der Waals surface area contributed by atoms with Gasteiger partial charge in [0.05, 0.1) is 25.2 Å². The van der Waals surface area contributed by atoms with E-state index < -0.39 is 10.0 Å². The van der Waals surface area contributed by atoms with Crippen LogP contribution in [-0.4, -0.2) is 26.8 Å². The van der Waals surface area contributed by atoms with Crippen LogP contribution in [0.3, 0.4) is 0 Å². The van der Waals surface area contributed by atoms with Gasteiger partial charge in [-0.25, -0.2) is 13.4 Å². The summed E-state index contributed by atoms with van der Waals surface area (Å²) in [7, 11) is -1.67. The number of para-hydroxylation sites is 1. The molecule has 0 saturated carbocycles. The predicted octanol–water partition coefficient (Wildman–Crippen LogP) is 2.07. The molecule has 1 heterocycles. The molecule has 0 fully saturated rings. The first-order valence-corrected chi connectivity index (χ1v) is 8.17. The van der Waals surface area contributed by atoms with Gasteiger partial charge >= 0.3 is 0 Å². The largest absolute Gasteiger partial charge is 0.496 e. The van der Waals surface area contributed by atoms with E-state index in [-0.39, 0.29) is 0 Å². The fourth-order valence-corrected chi connectivity index (χ4v) is 2.30. The van der Waals surface area contributed by atoms with Crippen molar-refractivity contribution in [1.82, 2.24) is 4.98 Å². The predicted molar refractivity (Wildman–Crippen MR) is 83.0 cm³/mol. The first kappa shape index (κ1) is 15.1. The Kier molecular flexibility index (Phi) is 4.64. The second kappa shape index (κ2) is 6.45. The maximum Gasteiger partial charge on any atom is 0.230 e. The molecule has 2 rings (SSSR count). The maximum atomic E-state index is 11.1. The van der Waals surface area contributed by atoms with Crippen LogP contribution in [-0.2, 0) is 16.6 Å². The van der Waals surface area contributed by atoms with E-state index in [0.717, 1.165) is 23.3 Å². The first-order valence-electron chi connectivity index (χ1n) is 6.27. The summed E-state index contributed by atoms with van der Waals surface area (Å²) in [5.41, 5.74) is 1.82. The Bertz CT molecular complexity index is 700. The fraction of sp³-hybridized carbons (Fsp3) is 0.214. The second-order valence-electron chi connectivity index (χ2n) is 4.47. The van der Waals surface area contributed by atoms with Crippen LogP contribution >= 0.6 is 0 Å². The molecule has 0 aliphatic heterocycles. The van der Waals surface area contributed by atoms with E-state index in [2.05, 4.69) is 15.0 Å². The second-order valence-corrected chi connectivity index (χ2v) is 6.22. The highest BCUT2D eigenvalue weighted by atomic mass is 32.2. The van der Waals surface area contributed by atoms with Crippen LogP contribution < -0.4 is 14.8 Å². The Balaban J connectivity index is 2.01. The number of methoxy groups -OCH3 is 1. The number of nitrogens with zero attached hydrogens (tertiary/aromatic N) is 1. The van der Waals surface area contributed by atoms with E-state index in [9.17, 15) is 8.42 Å². The average Bonchev–Trinajstić information content (AvgIpc) is 2.45. The Morgan fingerprint density at radius 3 is 2.57 bits per heavy atom. The molecule has 1 aromatic carbocycles. The topological polar surface area (TPSA) is 80.3 Å². The van der Waals surface area contributed by atoms with Gasteiger partial charge in [-0.15, -0.1) is 0 Å². The molecule has 0 unspecified atom stereocenters. The number of benzene rings is 1. The van der Waals surface area contributed by atoms with Gasteiger partial charge in [0.15, 0.2) is 0 Å². The van der Waals surface area contributed by atoms with Gasteiger partial charge in [0.25, 0.3) is 0 Å². The van der Waals surface area contributed by atoms with Crippen molar-refractivity contribution in [2.45, 2.75) is 6.54 Å². The number of aromatic nitrogens is 1. The molecule has 0 radical (unpaired) electrons. The van der Waals surface area contributed by atoms with Gasteiger partial charge in [-0.3, -0.25) is 4.72 Å². The highest BCUT2D eigenvalue weighted by molar-refractivity contribution is 7.92. The summed E-state index contributed by atoms with van der Waals surface area (Å²) >= 11 is 0. The minimum Gasteiger partial charge on any atom is -0.496 e. The summed E-state index contributed by atoms with van der Waals surface area (Å²) in [5.74, 6) is 1.11. The molecule has 2 aromatic rings. The van der Waals surface area contributed by atoms with Crippen LogP contribution in [0.4, 0.5) is 11.5 Å². The SMILES string of the molecule is COc1ccccc1CNc1ccc(NS(C)(=O)=O)nc1. The molecule has 0 saturated heterocycles. The lowest BCUT2D eigenvalue weighted by atomic mass is 10.2. The van der Waals surface area contributed by atoms with E-state index in [4.69, 9.17) is 4.74 Å². The number of nitrogens with one attached hydrogen (secondary N) is 2. The standard InChI is InChI=1S/C14H17N3O3S/c1-20-13-6-4-3-5-11(13)9-15-12-7-8-14(16-10-12)17-21(2,18)19/h3-8,10,15H,9H2,1-2H3,(H,16,17).